The number of anilines is 1. The Hall–Kier alpha value is -3.31. The lowest BCUT2D eigenvalue weighted by molar-refractivity contribution is -0.114. The van der Waals surface area contributed by atoms with Crippen LogP contribution in [-0.4, -0.2) is 29.8 Å². The number of fused-ring (bicyclic) bond motifs is 1. The molecule has 2 amide bonds. The van der Waals surface area contributed by atoms with E-state index in [0.717, 1.165) is 47.6 Å². The van der Waals surface area contributed by atoms with Gasteiger partial charge in [0.1, 0.15) is 0 Å². The van der Waals surface area contributed by atoms with Gasteiger partial charge in [0, 0.05) is 23.5 Å². The highest BCUT2D eigenvalue weighted by Gasteiger charge is 2.29. The molecule has 3 aromatic rings. The molecule has 2 heterocycles. The van der Waals surface area contributed by atoms with Gasteiger partial charge in [-0.2, -0.15) is 0 Å². The third-order valence-corrected chi connectivity index (χ3v) is 7.86. The van der Waals surface area contributed by atoms with Crippen molar-refractivity contribution < 1.29 is 9.59 Å². The van der Waals surface area contributed by atoms with Gasteiger partial charge in [-0.15, -0.1) is 0 Å². The maximum absolute atomic E-state index is 13.6. The summed E-state index contributed by atoms with van der Waals surface area (Å²) in [7, 11) is 0. The molecule has 0 radical (unpaired) electrons. The van der Waals surface area contributed by atoms with Crippen LogP contribution in [0, 0.1) is 12.8 Å². The van der Waals surface area contributed by atoms with Crippen molar-refractivity contribution in [2.75, 3.05) is 18.0 Å². The number of carbonyl (C=O) groups is 2. The van der Waals surface area contributed by atoms with Crippen molar-refractivity contribution in [1.82, 2.24) is 4.90 Å². The van der Waals surface area contributed by atoms with E-state index < -0.39 is 0 Å². The van der Waals surface area contributed by atoms with Crippen molar-refractivity contribution in [3.05, 3.63) is 100.0 Å². The predicted octanol–water partition coefficient (Wildman–Crippen LogP) is 6.55. The molecule has 178 valence electrons. The number of rotatable bonds is 4. The first-order valence-corrected chi connectivity index (χ1v) is 13.0. The second kappa shape index (κ2) is 10.1. The Bertz CT molecular complexity index is 1270. The Kier molecular flexibility index (Phi) is 6.78. The number of amides is 2. The standard InChI is InChI=1S/C30H30N2O2S/c1-21-14-16-31(17-15-21)29(33)25-12-10-23(11-13-25)19-28-30(34)32(20-24-7-5-6-22(2)18-24)26-8-3-4-9-27(26)35-28/h3-13,18-19,21H,14-17,20H2,1-2H3. The molecule has 3 aromatic carbocycles. The van der Waals surface area contributed by atoms with E-state index in [1.54, 1.807) is 0 Å². The number of para-hydroxylation sites is 1. The molecule has 0 aromatic heterocycles. The maximum Gasteiger partial charge on any atom is 0.265 e. The van der Waals surface area contributed by atoms with E-state index in [2.05, 4.69) is 38.1 Å². The second-order valence-corrected chi connectivity index (χ2v) is 10.6. The summed E-state index contributed by atoms with van der Waals surface area (Å²) in [6.07, 6.45) is 4.06. The van der Waals surface area contributed by atoms with Gasteiger partial charge in [0.25, 0.3) is 11.8 Å². The van der Waals surface area contributed by atoms with Crippen LogP contribution in [0.3, 0.4) is 0 Å². The minimum absolute atomic E-state index is 0.00204. The second-order valence-electron chi connectivity index (χ2n) is 9.56. The molecule has 1 fully saturated rings. The Morgan fingerprint density at radius 3 is 2.49 bits per heavy atom. The number of benzene rings is 3. The number of likely N-dealkylation sites (tertiary alicyclic amines) is 1. The molecular weight excluding hydrogens is 452 g/mol. The summed E-state index contributed by atoms with van der Waals surface area (Å²) in [6, 6.07) is 24.0. The number of nitrogens with zero attached hydrogens (tertiary/aromatic N) is 2. The summed E-state index contributed by atoms with van der Waals surface area (Å²) in [5.41, 5.74) is 4.85. The van der Waals surface area contributed by atoms with Gasteiger partial charge in [-0.05, 0) is 67.2 Å². The molecule has 2 aliphatic heterocycles. The monoisotopic (exact) mass is 482 g/mol. The van der Waals surface area contributed by atoms with Crippen molar-refractivity contribution in [1.29, 1.82) is 0 Å². The first-order valence-electron chi connectivity index (χ1n) is 12.2. The van der Waals surface area contributed by atoms with E-state index in [9.17, 15) is 9.59 Å². The predicted molar refractivity (Wildman–Crippen MR) is 143 cm³/mol. The summed E-state index contributed by atoms with van der Waals surface area (Å²) in [5.74, 6) is 0.782. The highest BCUT2D eigenvalue weighted by atomic mass is 32.2. The minimum atomic E-state index is -0.00204. The van der Waals surface area contributed by atoms with Gasteiger partial charge in [-0.25, -0.2) is 0 Å². The fraction of sp³-hybridized carbons (Fsp3) is 0.267. The third-order valence-electron chi connectivity index (χ3n) is 6.78. The van der Waals surface area contributed by atoms with Gasteiger partial charge >= 0.3 is 0 Å². The fourth-order valence-corrected chi connectivity index (χ4v) is 5.74. The number of carbonyl (C=O) groups excluding carboxylic acids is 2. The van der Waals surface area contributed by atoms with E-state index in [1.807, 2.05) is 64.4 Å². The first-order chi connectivity index (χ1) is 17.0. The summed E-state index contributed by atoms with van der Waals surface area (Å²) in [5, 5.41) is 0. The molecule has 0 spiro atoms. The highest BCUT2D eigenvalue weighted by molar-refractivity contribution is 8.04. The molecular formula is C30H30N2O2S. The third kappa shape index (κ3) is 5.20. The van der Waals surface area contributed by atoms with Gasteiger partial charge in [-0.3, -0.25) is 9.59 Å². The number of piperidine rings is 1. The van der Waals surface area contributed by atoms with Gasteiger partial charge in [0.2, 0.25) is 0 Å². The van der Waals surface area contributed by atoms with E-state index in [-0.39, 0.29) is 11.8 Å². The van der Waals surface area contributed by atoms with Crippen molar-refractivity contribution in [2.45, 2.75) is 38.1 Å². The summed E-state index contributed by atoms with van der Waals surface area (Å²) >= 11 is 1.51. The van der Waals surface area contributed by atoms with Crippen LogP contribution in [0.15, 0.2) is 82.6 Å². The number of thioether (sulfide) groups is 1. The zero-order chi connectivity index (χ0) is 24.4. The molecule has 1 saturated heterocycles. The molecule has 4 nitrogen and oxygen atoms in total. The lowest BCUT2D eigenvalue weighted by atomic mass is 9.98. The molecule has 0 saturated carbocycles. The van der Waals surface area contributed by atoms with Gasteiger partial charge in [0.05, 0.1) is 17.1 Å². The topological polar surface area (TPSA) is 40.6 Å². The lowest BCUT2D eigenvalue weighted by Gasteiger charge is -2.30. The van der Waals surface area contributed by atoms with Gasteiger partial charge in [-0.1, -0.05) is 72.8 Å². The van der Waals surface area contributed by atoms with Crippen molar-refractivity contribution in [3.63, 3.8) is 0 Å². The highest BCUT2D eigenvalue weighted by Crippen LogP contribution is 2.42. The molecule has 0 aliphatic carbocycles. The van der Waals surface area contributed by atoms with Crippen molar-refractivity contribution in [3.8, 4) is 0 Å². The van der Waals surface area contributed by atoms with Gasteiger partial charge < -0.3 is 9.80 Å². The Labute approximate surface area is 211 Å². The van der Waals surface area contributed by atoms with Crippen molar-refractivity contribution in [2.24, 2.45) is 5.92 Å². The molecule has 0 unspecified atom stereocenters. The molecule has 0 bridgehead atoms. The number of hydrogen-bond donors (Lipinski definition) is 0. The quantitative estimate of drug-likeness (QED) is 0.396. The average molecular weight is 483 g/mol. The first kappa shape index (κ1) is 23.4. The van der Waals surface area contributed by atoms with E-state index in [0.29, 0.717) is 22.9 Å². The molecule has 0 N–H and O–H groups in total. The lowest BCUT2D eigenvalue weighted by Crippen LogP contribution is -2.37. The SMILES string of the molecule is Cc1cccc(CN2C(=O)C(=Cc3ccc(C(=O)N4CCC(C)CC4)cc3)Sc3ccccc32)c1. The Morgan fingerprint density at radius 1 is 1.00 bits per heavy atom. The van der Waals surface area contributed by atoms with Crippen LogP contribution < -0.4 is 4.90 Å². The van der Waals surface area contributed by atoms with Crippen LogP contribution in [0.5, 0.6) is 0 Å². The van der Waals surface area contributed by atoms with Crippen LogP contribution in [0.1, 0.15) is 46.8 Å². The fourth-order valence-electron chi connectivity index (χ4n) is 4.68. The Balaban J connectivity index is 1.38. The van der Waals surface area contributed by atoms with E-state index in [1.165, 1.54) is 17.3 Å². The summed E-state index contributed by atoms with van der Waals surface area (Å²) in [4.78, 5) is 32.0. The van der Waals surface area contributed by atoms with Crippen LogP contribution in [0.25, 0.3) is 6.08 Å². The van der Waals surface area contributed by atoms with Crippen molar-refractivity contribution >= 4 is 35.3 Å². The smallest absolute Gasteiger partial charge is 0.265 e. The number of aryl methyl sites for hydroxylation is 1. The Morgan fingerprint density at radius 2 is 1.74 bits per heavy atom. The molecule has 5 heteroatoms. The maximum atomic E-state index is 13.6. The zero-order valence-electron chi connectivity index (χ0n) is 20.2. The minimum Gasteiger partial charge on any atom is -0.339 e. The molecule has 5 rings (SSSR count). The van der Waals surface area contributed by atoms with Gasteiger partial charge in [0.15, 0.2) is 0 Å². The average Bonchev–Trinajstić information content (AvgIpc) is 2.87. The van der Waals surface area contributed by atoms with Crippen LogP contribution in [-0.2, 0) is 11.3 Å². The van der Waals surface area contributed by atoms with Crippen LogP contribution in [0.4, 0.5) is 5.69 Å². The molecule has 35 heavy (non-hydrogen) atoms. The molecule has 0 atom stereocenters. The largest absolute Gasteiger partial charge is 0.339 e. The summed E-state index contributed by atoms with van der Waals surface area (Å²) < 4.78 is 0. The van der Waals surface area contributed by atoms with Crippen LogP contribution in [0.2, 0.25) is 0 Å². The molecule has 2 aliphatic rings. The van der Waals surface area contributed by atoms with E-state index >= 15 is 0 Å². The normalized spacial score (nSPS) is 17.5. The number of hydrogen-bond acceptors (Lipinski definition) is 3. The summed E-state index contributed by atoms with van der Waals surface area (Å²) in [6.45, 7) is 6.49. The van der Waals surface area contributed by atoms with Crippen LogP contribution >= 0.6 is 11.8 Å². The van der Waals surface area contributed by atoms with E-state index in [4.69, 9.17) is 0 Å². The zero-order valence-corrected chi connectivity index (χ0v) is 21.1.